The second kappa shape index (κ2) is 10.9. The maximum atomic E-state index is 11.5. The summed E-state index contributed by atoms with van der Waals surface area (Å²) in [6.45, 7) is 0.547. The summed E-state index contributed by atoms with van der Waals surface area (Å²) in [5.41, 5.74) is 0. The minimum Gasteiger partial charge on any atom is -0.479 e. The molecule has 0 aliphatic carbocycles. The molecule has 0 saturated carbocycles. The lowest BCUT2D eigenvalue weighted by Gasteiger charge is -2.47. The maximum absolute atomic E-state index is 11.5. The molecule has 15 atom stereocenters. The second-order valence-corrected chi connectivity index (χ2v) is 8.36. The van der Waals surface area contributed by atoms with Crippen molar-refractivity contribution in [1.82, 2.24) is 0 Å². The molecule has 0 aromatic rings. The van der Waals surface area contributed by atoms with E-state index in [1.54, 1.807) is 0 Å². The first kappa shape index (κ1) is 27.5. The molecule has 34 heavy (non-hydrogen) atoms. The molecule has 16 nitrogen and oxygen atoms in total. The molecule has 16 heteroatoms. The van der Waals surface area contributed by atoms with E-state index >= 15 is 0 Å². The Labute approximate surface area is 192 Å². The third-order valence-corrected chi connectivity index (χ3v) is 6.02. The van der Waals surface area contributed by atoms with E-state index in [1.807, 2.05) is 0 Å². The number of carbonyl (C=O) groups is 1. The van der Waals surface area contributed by atoms with Crippen molar-refractivity contribution in [2.24, 2.45) is 0 Å². The monoisotopic (exact) mass is 502 g/mol. The maximum Gasteiger partial charge on any atom is 0.335 e. The van der Waals surface area contributed by atoms with E-state index < -0.39 is 105 Å². The van der Waals surface area contributed by atoms with Crippen LogP contribution in [0.3, 0.4) is 0 Å². The number of aliphatic hydroxyl groups excluding tert-OH is 9. The van der Waals surface area contributed by atoms with Crippen molar-refractivity contribution in [3.63, 3.8) is 0 Å². The molecule has 0 radical (unpaired) electrons. The highest BCUT2D eigenvalue weighted by Crippen LogP contribution is 2.32. The molecule has 0 aromatic heterocycles. The van der Waals surface area contributed by atoms with Gasteiger partial charge in [0.25, 0.3) is 0 Å². The van der Waals surface area contributed by atoms with E-state index in [1.165, 1.54) is 6.92 Å². The van der Waals surface area contributed by atoms with Gasteiger partial charge in [0, 0.05) is 0 Å². The largest absolute Gasteiger partial charge is 0.479 e. The summed E-state index contributed by atoms with van der Waals surface area (Å²) in [6, 6.07) is 0. The average Bonchev–Trinajstić information content (AvgIpc) is 2.79. The highest BCUT2D eigenvalue weighted by Gasteiger charge is 2.55. The molecule has 0 amide bonds. The topological polar surface area (TPSA) is 266 Å². The number of aliphatic carboxylic acids is 1. The molecule has 0 unspecified atom stereocenters. The molecule has 3 rings (SSSR count). The van der Waals surface area contributed by atoms with Gasteiger partial charge >= 0.3 is 5.97 Å². The van der Waals surface area contributed by atoms with Crippen molar-refractivity contribution in [1.29, 1.82) is 0 Å². The van der Waals surface area contributed by atoms with E-state index in [9.17, 15) is 55.9 Å². The van der Waals surface area contributed by atoms with Gasteiger partial charge in [0.1, 0.15) is 61.0 Å². The van der Waals surface area contributed by atoms with E-state index in [-0.39, 0.29) is 0 Å². The fourth-order valence-corrected chi connectivity index (χ4v) is 3.96. The molecule has 0 spiro atoms. The fraction of sp³-hybridized carbons (Fsp3) is 0.944. The van der Waals surface area contributed by atoms with Gasteiger partial charge in [-0.3, -0.25) is 0 Å². The molecule has 198 valence electrons. The van der Waals surface area contributed by atoms with Crippen molar-refractivity contribution in [2.75, 3.05) is 6.61 Å². The lowest BCUT2D eigenvalue weighted by molar-refractivity contribution is -0.383. The van der Waals surface area contributed by atoms with Crippen molar-refractivity contribution in [3.05, 3.63) is 0 Å². The number of hydrogen-bond acceptors (Lipinski definition) is 15. The van der Waals surface area contributed by atoms with Crippen molar-refractivity contribution in [2.45, 2.75) is 99.0 Å². The Bertz CT molecular complexity index is 693. The molecule has 3 saturated heterocycles. The number of rotatable bonds is 6. The summed E-state index contributed by atoms with van der Waals surface area (Å²) in [5.74, 6) is -1.69. The van der Waals surface area contributed by atoms with Gasteiger partial charge in [-0.15, -0.1) is 0 Å². The summed E-state index contributed by atoms with van der Waals surface area (Å²) in [4.78, 5) is 11.5. The van der Waals surface area contributed by atoms with Gasteiger partial charge in [-0.1, -0.05) is 0 Å². The average molecular weight is 502 g/mol. The van der Waals surface area contributed by atoms with Crippen molar-refractivity contribution in [3.8, 4) is 0 Å². The van der Waals surface area contributed by atoms with Crippen LogP contribution in [0.2, 0.25) is 0 Å². The Morgan fingerprint density at radius 3 is 1.79 bits per heavy atom. The predicted molar refractivity (Wildman–Crippen MR) is 100 cm³/mol. The Morgan fingerprint density at radius 2 is 1.24 bits per heavy atom. The molecule has 3 heterocycles. The molecular weight excluding hydrogens is 472 g/mol. The lowest BCUT2D eigenvalue weighted by Crippen LogP contribution is -2.67. The van der Waals surface area contributed by atoms with Gasteiger partial charge in [0.05, 0.1) is 12.7 Å². The number of ether oxygens (including phenoxy) is 5. The summed E-state index contributed by atoms with van der Waals surface area (Å²) in [7, 11) is 0. The summed E-state index contributed by atoms with van der Waals surface area (Å²) >= 11 is 0. The molecule has 10 N–H and O–H groups in total. The van der Waals surface area contributed by atoms with Gasteiger partial charge in [-0.05, 0) is 6.92 Å². The summed E-state index contributed by atoms with van der Waals surface area (Å²) < 4.78 is 26.2. The smallest absolute Gasteiger partial charge is 0.335 e. The second-order valence-electron chi connectivity index (χ2n) is 8.36. The third kappa shape index (κ3) is 5.20. The summed E-state index contributed by atoms with van der Waals surface area (Å²) in [5, 5.41) is 99.7. The first-order valence-corrected chi connectivity index (χ1v) is 10.4. The van der Waals surface area contributed by atoms with E-state index in [0.29, 0.717) is 0 Å². The van der Waals surface area contributed by atoms with Crippen LogP contribution in [-0.4, -0.2) is 156 Å². The molecule has 3 aliphatic rings. The van der Waals surface area contributed by atoms with E-state index in [0.717, 1.165) is 0 Å². The number of hydrogen-bond donors (Lipinski definition) is 10. The van der Waals surface area contributed by atoms with Gasteiger partial charge in [0.2, 0.25) is 0 Å². The highest BCUT2D eigenvalue weighted by molar-refractivity contribution is 5.73. The first-order chi connectivity index (χ1) is 15.9. The number of carboxylic acid groups (broad SMARTS) is 1. The zero-order valence-corrected chi connectivity index (χ0v) is 17.8. The number of carboxylic acids is 1. The van der Waals surface area contributed by atoms with Crippen LogP contribution in [0.1, 0.15) is 6.92 Å². The van der Waals surface area contributed by atoms with Crippen LogP contribution in [0.15, 0.2) is 0 Å². The number of aliphatic hydroxyl groups is 9. The van der Waals surface area contributed by atoms with Crippen LogP contribution in [0, 0.1) is 0 Å². The molecule has 3 aliphatic heterocycles. The normalized spacial score (nSPS) is 52.4. The molecule has 0 bridgehead atoms. The highest BCUT2D eigenvalue weighted by atomic mass is 16.8. The zero-order valence-electron chi connectivity index (χ0n) is 17.8. The molecule has 0 aromatic carbocycles. The van der Waals surface area contributed by atoms with Crippen molar-refractivity contribution < 1.29 is 79.5 Å². The molecule has 3 fully saturated rings. The quantitative estimate of drug-likeness (QED) is 0.162. The third-order valence-electron chi connectivity index (χ3n) is 6.02. The zero-order chi connectivity index (χ0) is 25.5. The standard InChI is InChI=1S/C18H30O16/c1-3-5(20)7(22)9(24)17(30-3)33-12-11(26)13(15(27)28)32-16(29)14(12)34-18-10(25)8(23)6(21)4(2-19)31-18/h3-14,16-26,29H,2H2,1H3,(H,27,28)/t3-,4+,5-,6-,7+,8-,9+,10+,11-,12-,13-,14+,16+,17-,18-/m0/s1. The molecular formula is C18H30O16. The van der Waals surface area contributed by atoms with Crippen molar-refractivity contribution >= 4 is 5.97 Å². The van der Waals surface area contributed by atoms with Crippen LogP contribution in [0.25, 0.3) is 0 Å². The minimum absolute atomic E-state index is 0.793. The Kier molecular flexibility index (Phi) is 8.81. The van der Waals surface area contributed by atoms with Crippen LogP contribution < -0.4 is 0 Å². The Morgan fingerprint density at radius 1 is 0.706 bits per heavy atom. The fourth-order valence-electron chi connectivity index (χ4n) is 3.96. The van der Waals surface area contributed by atoms with Crippen LogP contribution in [-0.2, 0) is 28.5 Å². The van der Waals surface area contributed by atoms with E-state index in [4.69, 9.17) is 23.7 Å². The predicted octanol–water partition coefficient (Wildman–Crippen LogP) is -6.45. The SMILES string of the molecule is C[C@@H]1O[C@@H](O[C@H]2[C@H](O)[C@@H](C(=O)O)O[C@@H](O)[C@@H]2O[C@@H]2O[C@H](CO)[C@H](O)[C@H](O)[C@H]2O)[C@H](O)[C@H](O)[C@H]1O. The Balaban J connectivity index is 1.85. The van der Waals surface area contributed by atoms with Gasteiger partial charge in [-0.25, -0.2) is 4.79 Å². The van der Waals surface area contributed by atoms with Crippen LogP contribution in [0.4, 0.5) is 0 Å². The summed E-state index contributed by atoms with van der Waals surface area (Å²) in [6.07, 6.45) is -26.6. The van der Waals surface area contributed by atoms with Gasteiger partial charge < -0.3 is 74.7 Å². The van der Waals surface area contributed by atoms with Crippen LogP contribution in [0.5, 0.6) is 0 Å². The van der Waals surface area contributed by atoms with Crippen LogP contribution >= 0.6 is 0 Å². The minimum atomic E-state index is -2.13. The van der Waals surface area contributed by atoms with Gasteiger partial charge in [-0.2, -0.15) is 0 Å². The Hall–Kier alpha value is -1.09. The lowest BCUT2D eigenvalue weighted by atomic mass is 9.96. The van der Waals surface area contributed by atoms with Gasteiger partial charge in [0.15, 0.2) is 25.0 Å². The first-order valence-electron chi connectivity index (χ1n) is 10.4. The van der Waals surface area contributed by atoms with E-state index in [2.05, 4.69) is 0 Å².